The van der Waals surface area contributed by atoms with Crippen LogP contribution in [-0.2, 0) is 16.0 Å². The highest BCUT2D eigenvalue weighted by Crippen LogP contribution is 2.25. The van der Waals surface area contributed by atoms with Gasteiger partial charge in [0, 0.05) is 6.42 Å². The van der Waals surface area contributed by atoms with E-state index in [9.17, 15) is 4.79 Å². The molecule has 0 amide bonds. The van der Waals surface area contributed by atoms with Gasteiger partial charge in [-0.25, -0.2) is 0 Å². The first-order valence-corrected chi connectivity index (χ1v) is 9.78. The van der Waals surface area contributed by atoms with Gasteiger partial charge in [0.2, 0.25) is 0 Å². The predicted octanol–water partition coefficient (Wildman–Crippen LogP) is 4.16. The first-order chi connectivity index (χ1) is 13.3. The molecule has 0 aromatic heterocycles. The quantitative estimate of drug-likeness (QED) is 0.609. The lowest BCUT2D eigenvalue weighted by atomic mass is 9.93. The van der Waals surface area contributed by atoms with Crippen molar-refractivity contribution in [2.75, 3.05) is 0 Å². The zero-order chi connectivity index (χ0) is 18.2. The Morgan fingerprint density at radius 2 is 1.85 bits per heavy atom. The Labute approximate surface area is 158 Å². The summed E-state index contributed by atoms with van der Waals surface area (Å²) < 4.78 is 5.62. The maximum Gasteiger partial charge on any atom is 0.311 e. The van der Waals surface area contributed by atoms with Gasteiger partial charge in [-0.1, -0.05) is 54.6 Å². The zero-order valence-electron chi connectivity index (χ0n) is 15.3. The highest BCUT2D eigenvalue weighted by Gasteiger charge is 2.16. The molecule has 0 radical (unpaired) electrons. The fraction of sp³-hybridized carbons (Fsp3) is 0.240. The molecule has 3 aliphatic carbocycles. The topological polar surface area (TPSA) is 26.3 Å². The van der Waals surface area contributed by atoms with Crippen molar-refractivity contribution in [1.29, 1.82) is 0 Å². The Morgan fingerprint density at radius 3 is 2.74 bits per heavy atom. The average molecular weight is 354 g/mol. The van der Waals surface area contributed by atoms with Crippen LogP contribution in [0.5, 0.6) is 0 Å². The van der Waals surface area contributed by atoms with E-state index in [-0.39, 0.29) is 5.97 Å². The summed E-state index contributed by atoms with van der Waals surface area (Å²) in [5.41, 5.74) is 2.62. The maximum absolute atomic E-state index is 12.2. The number of carbonyl (C=O) groups excluding carboxylic acids is 1. The molecule has 0 N–H and O–H groups in total. The summed E-state index contributed by atoms with van der Waals surface area (Å²) in [5, 5.41) is 5.02. The van der Waals surface area contributed by atoms with Crippen molar-refractivity contribution in [3.8, 4) is 0 Å². The number of rotatable bonds is 4. The molecule has 2 heteroatoms. The van der Waals surface area contributed by atoms with Crippen molar-refractivity contribution in [2.45, 2.75) is 32.1 Å². The Hall–Kier alpha value is -2.87. The summed E-state index contributed by atoms with van der Waals surface area (Å²) in [6.07, 6.45) is 19.3. The molecule has 0 bridgehead atoms. The molecule has 0 unspecified atom stereocenters. The lowest BCUT2D eigenvalue weighted by Crippen LogP contribution is -2.16. The maximum atomic E-state index is 12.2. The van der Waals surface area contributed by atoms with Gasteiger partial charge in [-0.2, -0.15) is 0 Å². The van der Waals surface area contributed by atoms with Crippen LogP contribution in [0.1, 0.15) is 36.8 Å². The first-order valence-electron chi connectivity index (χ1n) is 9.78. The van der Waals surface area contributed by atoms with Crippen molar-refractivity contribution in [2.24, 2.45) is 5.92 Å². The van der Waals surface area contributed by atoms with E-state index < -0.39 is 0 Å². The molecule has 2 nitrogen and oxygen atoms in total. The van der Waals surface area contributed by atoms with Crippen molar-refractivity contribution < 1.29 is 9.53 Å². The van der Waals surface area contributed by atoms with Gasteiger partial charge in [-0.3, -0.25) is 4.79 Å². The molecule has 27 heavy (non-hydrogen) atoms. The lowest BCUT2D eigenvalue weighted by Gasteiger charge is -2.14. The van der Waals surface area contributed by atoms with Gasteiger partial charge in [0.05, 0.1) is 0 Å². The molecule has 5 rings (SSSR count). The zero-order valence-corrected chi connectivity index (χ0v) is 15.3. The molecular weight excluding hydrogens is 332 g/mol. The van der Waals surface area contributed by atoms with E-state index in [4.69, 9.17) is 4.74 Å². The fourth-order valence-electron chi connectivity index (χ4n) is 4.37. The summed E-state index contributed by atoms with van der Waals surface area (Å²) in [6.45, 7) is 0. The van der Waals surface area contributed by atoms with E-state index in [1.54, 1.807) is 0 Å². The van der Waals surface area contributed by atoms with Crippen LogP contribution >= 0.6 is 0 Å². The standard InChI is InChI=1S/C25H22O2/c26-25(15-8-17-4-1-2-5-17)27-20-11-14-22-19(16-20)10-13-23-21-7-3-6-18(21)9-12-24(22)23/h1-3,6-7,9-13,16-17H,4-5,8,14-15H2. The van der Waals surface area contributed by atoms with Crippen LogP contribution in [0, 0.1) is 5.92 Å². The van der Waals surface area contributed by atoms with Gasteiger partial charge >= 0.3 is 5.97 Å². The molecule has 2 aromatic rings. The predicted molar refractivity (Wildman–Crippen MR) is 110 cm³/mol. The van der Waals surface area contributed by atoms with E-state index in [2.05, 4.69) is 54.6 Å². The Morgan fingerprint density at radius 1 is 1.04 bits per heavy atom. The highest BCUT2D eigenvalue weighted by molar-refractivity contribution is 5.96. The molecule has 0 spiro atoms. The lowest BCUT2D eigenvalue weighted by molar-refractivity contribution is -0.139. The number of esters is 1. The molecule has 3 aliphatic rings. The second-order valence-electron chi connectivity index (χ2n) is 7.60. The molecule has 0 saturated carbocycles. The van der Waals surface area contributed by atoms with Gasteiger partial charge < -0.3 is 4.74 Å². The summed E-state index contributed by atoms with van der Waals surface area (Å²) >= 11 is 0. The minimum Gasteiger partial charge on any atom is -0.427 e. The summed E-state index contributed by atoms with van der Waals surface area (Å²) in [7, 11) is 0. The molecule has 0 aliphatic heterocycles. The summed E-state index contributed by atoms with van der Waals surface area (Å²) in [4.78, 5) is 12.2. The van der Waals surface area contributed by atoms with Crippen LogP contribution in [0.15, 0.2) is 54.3 Å². The van der Waals surface area contributed by atoms with Crippen LogP contribution in [0.2, 0.25) is 0 Å². The third-order valence-corrected chi connectivity index (χ3v) is 5.86. The average Bonchev–Trinajstić information content (AvgIpc) is 3.37. The van der Waals surface area contributed by atoms with E-state index in [1.807, 2.05) is 12.2 Å². The van der Waals surface area contributed by atoms with Gasteiger partial charge in [0.25, 0.3) is 0 Å². The first kappa shape index (κ1) is 16.3. The Bertz CT molecular complexity index is 1140. The molecule has 0 fully saturated rings. The van der Waals surface area contributed by atoms with Crippen molar-refractivity contribution in [3.05, 3.63) is 75.9 Å². The SMILES string of the molecule is O=C(CCC1CC=CC1)OC1=CCc2c(ccc3c4c(ccc23)=CC=C4)=C1. The van der Waals surface area contributed by atoms with E-state index in [1.165, 1.54) is 27.1 Å². The molecule has 2 aromatic carbocycles. The number of hydrogen-bond donors (Lipinski definition) is 0. The van der Waals surface area contributed by atoms with Crippen LogP contribution < -0.4 is 10.4 Å². The third-order valence-electron chi connectivity index (χ3n) is 5.86. The summed E-state index contributed by atoms with van der Waals surface area (Å²) in [5.74, 6) is 1.18. The highest BCUT2D eigenvalue weighted by atomic mass is 16.5. The molecule has 134 valence electrons. The van der Waals surface area contributed by atoms with E-state index in [0.717, 1.165) is 30.9 Å². The largest absolute Gasteiger partial charge is 0.427 e. The second kappa shape index (κ2) is 6.70. The van der Waals surface area contributed by atoms with Crippen LogP contribution in [0.3, 0.4) is 0 Å². The van der Waals surface area contributed by atoms with Crippen LogP contribution in [0.4, 0.5) is 0 Å². The molecule has 0 heterocycles. The van der Waals surface area contributed by atoms with Gasteiger partial charge in [-0.15, -0.1) is 0 Å². The number of fused-ring (bicyclic) bond motifs is 5. The molecular formula is C25H22O2. The smallest absolute Gasteiger partial charge is 0.311 e. The van der Waals surface area contributed by atoms with E-state index in [0.29, 0.717) is 18.1 Å². The Balaban J connectivity index is 1.36. The molecule has 0 atom stereocenters. The van der Waals surface area contributed by atoms with Gasteiger partial charge in [-0.05, 0) is 76.1 Å². The van der Waals surface area contributed by atoms with Gasteiger partial charge in [0.15, 0.2) is 0 Å². The van der Waals surface area contributed by atoms with E-state index >= 15 is 0 Å². The number of ether oxygens (including phenoxy) is 1. The second-order valence-corrected chi connectivity index (χ2v) is 7.60. The van der Waals surface area contributed by atoms with Crippen LogP contribution in [0.25, 0.3) is 29.0 Å². The minimum absolute atomic E-state index is 0.118. The normalized spacial score (nSPS) is 17.3. The minimum atomic E-state index is -0.118. The Kier molecular flexibility index (Phi) is 4.05. The van der Waals surface area contributed by atoms with Crippen LogP contribution in [-0.4, -0.2) is 5.97 Å². The number of benzene rings is 2. The van der Waals surface area contributed by atoms with Crippen molar-refractivity contribution in [3.63, 3.8) is 0 Å². The molecule has 0 saturated heterocycles. The van der Waals surface area contributed by atoms with Crippen molar-refractivity contribution in [1.82, 2.24) is 0 Å². The fourth-order valence-corrected chi connectivity index (χ4v) is 4.37. The number of carbonyl (C=O) groups is 1. The van der Waals surface area contributed by atoms with Gasteiger partial charge in [0.1, 0.15) is 5.76 Å². The van der Waals surface area contributed by atoms with Crippen molar-refractivity contribution >= 4 is 35.0 Å². The third kappa shape index (κ3) is 3.06. The number of allylic oxidation sites excluding steroid dienone is 5. The summed E-state index contributed by atoms with van der Waals surface area (Å²) in [6, 6.07) is 8.74. The monoisotopic (exact) mass is 354 g/mol. The number of hydrogen-bond acceptors (Lipinski definition) is 2.